The Bertz CT molecular complexity index is 1640. The van der Waals surface area contributed by atoms with Gasteiger partial charge in [-0.05, 0) is 44.1 Å². The molecule has 48 heavy (non-hydrogen) atoms. The van der Waals surface area contributed by atoms with E-state index in [9.17, 15) is 44.7 Å². The van der Waals surface area contributed by atoms with Crippen LogP contribution in [0.1, 0.15) is 84.5 Å². The third kappa shape index (κ3) is 7.24. The van der Waals surface area contributed by atoms with Gasteiger partial charge in [-0.3, -0.25) is 9.59 Å². The molecule has 0 aromatic carbocycles. The second-order valence-corrected chi connectivity index (χ2v) is 12.6. The molecular weight excluding hydrogens is 660 g/mol. The van der Waals surface area contributed by atoms with Crippen LogP contribution in [0.4, 0.5) is 35.1 Å². The lowest BCUT2D eigenvalue weighted by atomic mass is 9.81. The number of piperidine rings is 1. The Morgan fingerprint density at radius 1 is 1.08 bits per heavy atom. The first kappa shape index (κ1) is 34.0. The summed E-state index contributed by atoms with van der Waals surface area (Å²) in [7, 11) is 0. The van der Waals surface area contributed by atoms with E-state index < -0.39 is 90.2 Å². The number of amides is 2. The summed E-state index contributed by atoms with van der Waals surface area (Å²) >= 11 is 0. The maximum absolute atomic E-state index is 14.1. The number of alkyl halides is 8. The van der Waals surface area contributed by atoms with Crippen LogP contribution in [-0.2, 0) is 22.3 Å². The van der Waals surface area contributed by atoms with Crippen molar-refractivity contribution in [2.75, 3.05) is 19.8 Å². The topological polar surface area (TPSA) is 128 Å². The Balaban J connectivity index is 1.36. The fourth-order valence-corrected chi connectivity index (χ4v) is 6.76. The number of nitrogens with zero attached hydrogens (tertiary/aromatic N) is 6. The molecule has 6 rings (SSSR count). The van der Waals surface area contributed by atoms with Gasteiger partial charge in [0.1, 0.15) is 5.69 Å². The Labute approximate surface area is 267 Å². The van der Waals surface area contributed by atoms with E-state index in [2.05, 4.69) is 30.8 Å². The SMILES string of the molecule is O=C(N[C@H](c1cn2nc(C[C@H]3C[C@@H](C(F)(F)F)CNC3=O)c(C3CCOCC3)nc2n1)C1CCC(F)(F)CC1)c1ccnn1C(F)(F)F. The lowest BCUT2D eigenvalue weighted by Gasteiger charge is -2.33. The molecule has 0 spiro atoms. The minimum absolute atomic E-state index is 0.0252. The monoisotopic (exact) mass is 692 g/mol. The van der Waals surface area contributed by atoms with Gasteiger partial charge in [0.05, 0.1) is 41.4 Å². The number of carbonyl (C=O) groups is 2. The molecule has 1 saturated carbocycles. The number of rotatable bonds is 7. The van der Waals surface area contributed by atoms with Crippen LogP contribution in [0.3, 0.4) is 0 Å². The quantitative estimate of drug-likeness (QED) is 0.339. The predicted molar refractivity (Wildman–Crippen MR) is 149 cm³/mol. The van der Waals surface area contributed by atoms with Gasteiger partial charge >= 0.3 is 12.5 Å². The Kier molecular flexibility index (Phi) is 9.10. The molecule has 2 N–H and O–H groups in total. The molecule has 0 unspecified atom stereocenters. The molecule has 3 aromatic heterocycles. The van der Waals surface area contributed by atoms with E-state index in [1.54, 1.807) is 0 Å². The zero-order valence-electron chi connectivity index (χ0n) is 25.3. The van der Waals surface area contributed by atoms with E-state index in [1.165, 1.54) is 10.7 Å². The fourth-order valence-electron chi connectivity index (χ4n) is 6.76. The van der Waals surface area contributed by atoms with Crippen molar-refractivity contribution in [2.24, 2.45) is 17.8 Å². The zero-order chi connectivity index (χ0) is 34.4. The number of hydrogen-bond donors (Lipinski definition) is 2. The van der Waals surface area contributed by atoms with Crippen molar-refractivity contribution in [3.05, 3.63) is 41.2 Å². The van der Waals surface area contributed by atoms with Gasteiger partial charge in [0.25, 0.3) is 11.7 Å². The molecule has 2 aliphatic heterocycles. The van der Waals surface area contributed by atoms with Crippen molar-refractivity contribution in [3.63, 3.8) is 0 Å². The zero-order valence-corrected chi connectivity index (χ0v) is 25.3. The highest BCUT2D eigenvalue weighted by Gasteiger charge is 2.45. The van der Waals surface area contributed by atoms with E-state index in [0.717, 1.165) is 12.3 Å². The molecule has 0 radical (unpaired) electrons. The fraction of sp³-hybridized carbons (Fsp3) is 0.655. The summed E-state index contributed by atoms with van der Waals surface area (Å²) in [6.07, 6.45) is -8.03. The van der Waals surface area contributed by atoms with Crippen LogP contribution in [0, 0.1) is 17.8 Å². The summed E-state index contributed by atoms with van der Waals surface area (Å²) in [4.78, 5) is 35.1. The predicted octanol–water partition coefficient (Wildman–Crippen LogP) is 4.84. The Morgan fingerprint density at radius 3 is 2.46 bits per heavy atom. The van der Waals surface area contributed by atoms with E-state index in [4.69, 9.17) is 4.74 Å². The second kappa shape index (κ2) is 12.9. The van der Waals surface area contributed by atoms with Gasteiger partial charge in [0, 0.05) is 50.9 Å². The molecule has 1 aliphatic carbocycles. The summed E-state index contributed by atoms with van der Waals surface area (Å²) < 4.78 is 116. The third-order valence-corrected chi connectivity index (χ3v) is 9.36. The standard InChI is InChI=1S/C29H32F8N8O3/c30-27(31)6-1-15(2-7-27)23(41-25(47)21-3-8-39-45(21)29(35,36)37)20-14-44-26(40-20)42-22(16-4-9-48-10-5-16)19(43-44)12-17-11-18(28(32,33)34)13-38-24(17)46/h3,8,14-18,23H,1-2,4-7,9-13H2,(H,38,46)(H,41,47)/t17-,18-,23+/m1/s1. The molecule has 19 heteroatoms. The van der Waals surface area contributed by atoms with Gasteiger partial charge in [0.2, 0.25) is 11.8 Å². The molecule has 2 amide bonds. The van der Waals surface area contributed by atoms with Crippen LogP contribution in [-0.4, -0.2) is 73.0 Å². The van der Waals surface area contributed by atoms with Crippen molar-refractivity contribution >= 4 is 17.6 Å². The number of halogens is 8. The first-order chi connectivity index (χ1) is 22.6. The van der Waals surface area contributed by atoms with Crippen molar-refractivity contribution in [3.8, 4) is 0 Å². The number of hydrogen-bond acceptors (Lipinski definition) is 7. The molecule has 2 saturated heterocycles. The number of fused-ring (bicyclic) bond motifs is 1. The van der Waals surface area contributed by atoms with Crippen LogP contribution < -0.4 is 10.6 Å². The lowest BCUT2D eigenvalue weighted by molar-refractivity contribution is -0.213. The molecule has 5 heterocycles. The highest BCUT2D eigenvalue weighted by Crippen LogP contribution is 2.42. The van der Waals surface area contributed by atoms with E-state index >= 15 is 0 Å². The summed E-state index contributed by atoms with van der Waals surface area (Å²) in [5.41, 5.74) is -0.0231. The molecule has 3 fully saturated rings. The molecule has 262 valence electrons. The summed E-state index contributed by atoms with van der Waals surface area (Å²) in [5, 5.41) is 12.7. The largest absolute Gasteiger partial charge is 0.505 e. The number of aromatic nitrogens is 6. The van der Waals surface area contributed by atoms with Crippen molar-refractivity contribution < 1.29 is 49.4 Å². The van der Waals surface area contributed by atoms with Gasteiger partial charge in [-0.25, -0.2) is 23.3 Å². The summed E-state index contributed by atoms with van der Waals surface area (Å²) in [6.45, 7) is 0.266. The number of imidazole rings is 1. The average Bonchev–Trinajstić information content (AvgIpc) is 3.68. The van der Waals surface area contributed by atoms with Gasteiger partial charge < -0.3 is 15.4 Å². The minimum atomic E-state index is -5.00. The van der Waals surface area contributed by atoms with E-state index in [1.807, 2.05) is 0 Å². The highest BCUT2D eigenvalue weighted by molar-refractivity contribution is 5.92. The third-order valence-electron chi connectivity index (χ3n) is 9.36. The van der Waals surface area contributed by atoms with Crippen molar-refractivity contribution in [2.45, 2.75) is 81.7 Å². The van der Waals surface area contributed by atoms with Gasteiger partial charge in [-0.15, -0.1) is 13.2 Å². The van der Waals surface area contributed by atoms with Gasteiger partial charge in [-0.2, -0.15) is 28.1 Å². The number of nitrogens with one attached hydrogen (secondary N) is 2. The minimum Gasteiger partial charge on any atom is -0.381 e. The second-order valence-electron chi connectivity index (χ2n) is 12.6. The first-order valence-corrected chi connectivity index (χ1v) is 15.6. The van der Waals surface area contributed by atoms with Crippen LogP contribution in [0.5, 0.6) is 0 Å². The van der Waals surface area contributed by atoms with Crippen LogP contribution in [0.15, 0.2) is 18.5 Å². The molecule has 0 bridgehead atoms. The average molecular weight is 693 g/mol. The molecule has 3 atom stereocenters. The molecular formula is C29H32F8N8O3. The van der Waals surface area contributed by atoms with Gasteiger partial charge in [0.15, 0.2) is 0 Å². The van der Waals surface area contributed by atoms with Crippen LogP contribution in [0.2, 0.25) is 0 Å². The summed E-state index contributed by atoms with van der Waals surface area (Å²) in [6, 6.07) is -0.251. The normalized spacial score (nSPS) is 23.6. The molecule has 3 aliphatic rings. The highest BCUT2D eigenvalue weighted by atomic mass is 19.4. The summed E-state index contributed by atoms with van der Waals surface area (Å²) in [5.74, 6) is -8.25. The van der Waals surface area contributed by atoms with E-state index in [0.29, 0.717) is 31.7 Å². The van der Waals surface area contributed by atoms with Crippen LogP contribution >= 0.6 is 0 Å². The van der Waals surface area contributed by atoms with Gasteiger partial charge in [-0.1, -0.05) is 0 Å². The maximum Gasteiger partial charge on any atom is 0.505 e. The van der Waals surface area contributed by atoms with Crippen molar-refractivity contribution in [1.82, 2.24) is 40.0 Å². The smallest absolute Gasteiger partial charge is 0.381 e. The Morgan fingerprint density at radius 2 is 1.79 bits per heavy atom. The lowest BCUT2D eigenvalue weighted by Crippen LogP contribution is -2.47. The molecule has 3 aromatic rings. The van der Waals surface area contributed by atoms with Crippen LogP contribution in [0.25, 0.3) is 5.78 Å². The van der Waals surface area contributed by atoms with Crippen molar-refractivity contribution in [1.29, 1.82) is 0 Å². The van der Waals surface area contributed by atoms with E-state index in [-0.39, 0.29) is 42.3 Å². The first-order valence-electron chi connectivity index (χ1n) is 15.6. The Hall–Kier alpha value is -3.90. The molecule has 11 nitrogen and oxygen atoms in total. The number of carbonyl (C=O) groups excluding carboxylic acids is 2. The number of ether oxygens (including phenoxy) is 1. The maximum atomic E-state index is 14.1.